The van der Waals surface area contributed by atoms with E-state index in [1.165, 1.54) is 16.8 Å². The molecular formula is C26H34N4O4. The molecule has 0 spiro atoms. The topological polar surface area (TPSA) is 97.7 Å². The molecule has 1 aliphatic carbocycles. The lowest BCUT2D eigenvalue weighted by atomic mass is 9.86. The summed E-state index contributed by atoms with van der Waals surface area (Å²) in [6.45, 7) is 5.75. The van der Waals surface area contributed by atoms with Gasteiger partial charge in [0.15, 0.2) is 5.78 Å². The molecule has 8 nitrogen and oxygen atoms in total. The highest BCUT2D eigenvalue weighted by molar-refractivity contribution is 5.95. The first-order valence-corrected chi connectivity index (χ1v) is 12.1. The van der Waals surface area contributed by atoms with Gasteiger partial charge in [-0.1, -0.05) is 19.1 Å². The van der Waals surface area contributed by atoms with Gasteiger partial charge in [-0.15, -0.1) is 0 Å². The van der Waals surface area contributed by atoms with Gasteiger partial charge < -0.3 is 19.5 Å². The highest BCUT2D eigenvalue weighted by Gasteiger charge is 2.28. The number of aromatic nitrogens is 3. The van der Waals surface area contributed by atoms with Crippen molar-refractivity contribution in [3.05, 3.63) is 47.4 Å². The molecule has 1 saturated heterocycles. The second kappa shape index (κ2) is 11.1. The number of ketones is 1. The molecule has 0 unspecified atom stereocenters. The van der Waals surface area contributed by atoms with Crippen LogP contribution in [0.1, 0.15) is 54.9 Å². The van der Waals surface area contributed by atoms with Crippen molar-refractivity contribution < 1.29 is 19.4 Å². The summed E-state index contributed by atoms with van der Waals surface area (Å²) in [5, 5.41) is 9.36. The molecule has 2 aliphatic rings. The Morgan fingerprint density at radius 2 is 2.06 bits per heavy atom. The molecule has 4 rings (SSSR count). The lowest BCUT2D eigenvalue weighted by molar-refractivity contribution is 0.0842. The maximum atomic E-state index is 12.8. The number of allylic oxidation sites excluding steroid dienone is 2. The smallest absolute Gasteiger partial charge is 0.319 e. The second-order valence-electron chi connectivity index (χ2n) is 9.32. The number of hydrogen-bond acceptors (Lipinski definition) is 8. The van der Waals surface area contributed by atoms with Crippen molar-refractivity contribution in [2.24, 2.45) is 11.8 Å². The Balaban J connectivity index is 1.50. The Bertz CT molecular complexity index is 1030. The Kier molecular flexibility index (Phi) is 7.90. The van der Waals surface area contributed by atoms with Crippen molar-refractivity contribution in [3.63, 3.8) is 0 Å². The molecule has 0 radical (unpaired) electrons. The van der Waals surface area contributed by atoms with Crippen LogP contribution in [0.4, 0.5) is 5.82 Å². The molecule has 1 N–H and O–H groups in total. The fourth-order valence-electron chi connectivity index (χ4n) is 4.69. The number of aliphatic hydroxyl groups excluding tert-OH is 1. The number of fused-ring (bicyclic) bond motifs is 1. The van der Waals surface area contributed by atoms with Gasteiger partial charge in [0.25, 0.3) is 0 Å². The molecule has 0 bridgehead atoms. The molecule has 3 heterocycles. The summed E-state index contributed by atoms with van der Waals surface area (Å²) in [6.07, 6.45) is 7.09. The average Bonchev–Trinajstić information content (AvgIpc) is 3.28. The van der Waals surface area contributed by atoms with Crippen LogP contribution in [0.3, 0.4) is 0 Å². The van der Waals surface area contributed by atoms with E-state index in [0.717, 1.165) is 32.4 Å². The van der Waals surface area contributed by atoms with Gasteiger partial charge in [0.1, 0.15) is 17.6 Å². The van der Waals surface area contributed by atoms with E-state index in [0.29, 0.717) is 24.0 Å². The minimum Gasteiger partial charge on any atom is -0.458 e. The first kappa shape index (κ1) is 24.3. The first-order chi connectivity index (χ1) is 16.5. The predicted molar refractivity (Wildman–Crippen MR) is 130 cm³/mol. The van der Waals surface area contributed by atoms with Gasteiger partial charge in [0.2, 0.25) is 0 Å². The Labute approximate surface area is 201 Å². The monoisotopic (exact) mass is 466 g/mol. The highest BCUT2D eigenvalue weighted by atomic mass is 16.5. The second-order valence-corrected chi connectivity index (χ2v) is 9.32. The molecule has 34 heavy (non-hydrogen) atoms. The molecule has 1 aliphatic heterocycles. The van der Waals surface area contributed by atoms with Crippen molar-refractivity contribution in [3.8, 4) is 6.01 Å². The lowest BCUT2D eigenvalue weighted by Crippen LogP contribution is -2.35. The molecule has 2 aromatic heterocycles. The number of anilines is 1. The SMILES string of the molecule is COC[C@@H](C)Oc1nc(C(=O)C[C@@H](C)CO)cc(N2CCC(C3=CCc4ncccc43)CC2)n1. The van der Waals surface area contributed by atoms with Gasteiger partial charge in [0, 0.05) is 51.9 Å². The normalized spacial score (nSPS) is 17.8. The zero-order valence-corrected chi connectivity index (χ0v) is 20.2. The van der Waals surface area contributed by atoms with Crippen LogP contribution < -0.4 is 9.64 Å². The minimum atomic E-state index is -0.242. The van der Waals surface area contributed by atoms with Gasteiger partial charge in [-0.2, -0.15) is 9.97 Å². The van der Waals surface area contributed by atoms with Gasteiger partial charge in [-0.05, 0) is 48.8 Å². The predicted octanol–water partition coefficient (Wildman–Crippen LogP) is 3.34. The molecule has 2 atom stereocenters. The number of methoxy groups -OCH3 is 1. The van der Waals surface area contributed by atoms with E-state index < -0.39 is 0 Å². The number of rotatable bonds is 10. The van der Waals surface area contributed by atoms with Crippen LogP contribution in [0.15, 0.2) is 30.5 Å². The quantitative estimate of drug-likeness (QED) is 0.533. The zero-order valence-electron chi connectivity index (χ0n) is 20.2. The summed E-state index contributed by atoms with van der Waals surface area (Å²) in [5.41, 5.74) is 4.20. The van der Waals surface area contributed by atoms with Crippen molar-refractivity contribution >= 4 is 17.2 Å². The number of aliphatic hydroxyl groups is 1. The third-order valence-electron chi connectivity index (χ3n) is 6.51. The molecule has 0 saturated carbocycles. The summed E-state index contributed by atoms with van der Waals surface area (Å²) in [5.74, 6) is 0.947. The number of hydrogen-bond donors (Lipinski definition) is 1. The molecular weight excluding hydrogens is 432 g/mol. The van der Waals surface area contributed by atoms with Crippen LogP contribution in [-0.4, -0.2) is 65.4 Å². The number of pyridine rings is 1. The van der Waals surface area contributed by atoms with Gasteiger partial charge in [-0.3, -0.25) is 9.78 Å². The van der Waals surface area contributed by atoms with Gasteiger partial charge >= 0.3 is 6.01 Å². The Morgan fingerprint density at radius 3 is 2.79 bits per heavy atom. The highest BCUT2D eigenvalue weighted by Crippen LogP contribution is 2.37. The number of Topliss-reactive ketones (excluding diaryl/α,β-unsaturated/α-hetero) is 1. The summed E-state index contributed by atoms with van der Waals surface area (Å²) >= 11 is 0. The number of nitrogens with zero attached hydrogens (tertiary/aromatic N) is 4. The average molecular weight is 467 g/mol. The number of piperidine rings is 1. The van der Waals surface area contributed by atoms with Crippen molar-refractivity contribution in [2.75, 3.05) is 38.3 Å². The molecule has 0 aromatic carbocycles. The van der Waals surface area contributed by atoms with Crippen LogP contribution >= 0.6 is 0 Å². The number of carbonyl (C=O) groups excluding carboxylic acids is 1. The minimum absolute atomic E-state index is 0.0417. The van der Waals surface area contributed by atoms with Crippen LogP contribution in [0.5, 0.6) is 6.01 Å². The largest absolute Gasteiger partial charge is 0.458 e. The Morgan fingerprint density at radius 1 is 1.26 bits per heavy atom. The van der Waals surface area contributed by atoms with E-state index in [1.54, 1.807) is 13.2 Å². The molecule has 2 aromatic rings. The maximum Gasteiger partial charge on any atom is 0.319 e. The third kappa shape index (κ3) is 5.62. The van der Waals surface area contributed by atoms with E-state index in [4.69, 9.17) is 9.47 Å². The van der Waals surface area contributed by atoms with Crippen LogP contribution in [0.25, 0.3) is 5.57 Å². The van der Waals surface area contributed by atoms with Crippen LogP contribution in [-0.2, 0) is 11.2 Å². The first-order valence-electron chi connectivity index (χ1n) is 12.1. The van der Waals surface area contributed by atoms with Gasteiger partial charge in [-0.25, -0.2) is 0 Å². The summed E-state index contributed by atoms with van der Waals surface area (Å²) in [4.78, 5) is 28.6. The van der Waals surface area contributed by atoms with E-state index in [2.05, 4.69) is 32.0 Å². The zero-order chi connectivity index (χ0) is 24.1. The summed E-state index contributed by atoms with van der Waals surface area (Å²) < 4.78 is 11.0. The number of ether oxygens (including phenoxy) is 2. The summed E-state index contributed by atoms with van der Waals surface area (Å²) in [7, 11) is 1.61. The van der Waals surface area contributed by atoms with Crippen LogP contribution in [0, 0.1) is 11.8 Å². The lowest BCUT2D eigenvalue weighted by Gasteiger charge is -2.34. The summed E-state index contributed by atoms with van der Waals surface area (Å²) in [6, 6.07) is 6.13. The van der Waals surface area contributed by atoms with E-state index in [9.17, 15) is 9.90 Å². The van der Waals surface area contributed by atoms with Crippen molar-refractivity contribution in [1.29, 1.82) is 0 Å². The van der Waals surface area contributed by atoms with Crippen molar-refractivity contribution in [2.45, 2.75) is 45.6 Å². The Hall–Kier alpha value is -2.84. The third-order valence-corrected chi connectivity index (χ3v) is 6.51. The standard InChI is InChI=1S/C26H34N4O4/c1-17(15-31)13-24(32)23-14-25(29-26(28-23)34-18(2)16-33-3)30-11-8-19(9-12-30)20-6-7-22-21(20)5-4-10-27-22/h4-6,10,14,17-19,31H,7-9,11-13,15-16H2,1-3H3/t17-,18-/m1/s1. The molecule has 0 amide bonds. The number of carbonyl (C=O) groups is 1. The fourth-order valence-corrected chi connectivity index (χ4v) is 4.69. The fraction of sp³-hybridized carbons (Fsp3) is 0.538. The maximum absolute atomic E-state index is 12.8. The van der Waals surface area contributed by atoms with Crippen molar-refractivity contribution in [1.82, 2.24) is 15.0 Å². The molecule has 8 heteroatoms. The molecule has 1 fully saturated rings. The molecule has 182 valence electrons. The van der Waals surface area contributed by atoms with E-state index in [-0.39, 0.29) is 36.8 Å². The van der Waals surface area contributed by atoms with E-state index in [1.807, 2.05) is 26.1 Å². The van der Waals surface area contributed by atoms with Crippen LogP contribution in [0.2, 0.25) is 0 Å². The van der Waals surface area contributed by atoms with E-state index >= 15 is 0 Å². The van der Waals surface area contributed by atoms with Gasteiger partial charge in [0.05, 0.1) is 12.3 Å².